The van der Waals surface area contributed by atoms with Crippen molar-refractivity contribution in [2.75, 3.05) is 18.5 Å². The number of nitro benzene ring substituents is 1. The van der Waals surface area contributed by atoms with Crippen LogP contribution in [0.2, 0.25) is 0 Å². The number of amides is 1. The number of fused-ring (bicyclic) bond motifs is 1. The van der Waals surface area contributed by atoms with Crippen molar-refractivity contribution in [2.24, 2.45) is 0 Å². The van der Waals surface area contributed by atoms with Gasteiger partial charge in [0.25, 0.3) is 11.6 Å². The molecule has 1 aliphatic heterocycles. The third kappa shape index (κ3) is 4.49. The summed E-state index contributed by atoms with van der Waals surface area (Å²) >= 11 is 0. The Balaban J connectivity index is 1.92. The molecule has 30 heavy (non-hydrogen) atoms. The van der Waals surface area contributed by atoms with Gasteiger partial charge in [0.1, 0.15) is 30.5 Å². The summed E-state index contributed by atoms with van der Waals surface area (Å²) in [5, 5.41) is 22.8. The molecule has 3 rings (SSSR count). The van der Waals surface area contributed by atoms with E-state index in [0.717, 1.165) is 30.3 Å². The number of ether oxygens (including phenoxy) is 2. The second kappa shape index (κ2) is 8.12. The minimum absolute atomic E-state index is 0.0341. The van der Waals surface area contributed by atoms with Crippen LogP contribution in [0.25, 0.3) is 6.08 Å². The molecule has 1 aliphatic rings. The van der Waals surface area contributed by atoms with Gasteiger partial charge in [-0.15, -0.1) is 0 Å². The highest BCUT2D eigenvalue weighted by molar-refractivity contribution is 6.10. The zero-order valence-electron chi connectivity index (χ0n) is 15.0. The zero-order chi connectivity index (χ0) is 21.9. The summed E-state index contributed by atoms with van der Waals surface area (Å²) in [7, 11) is 0. The van der Waals surface area contributed by atoms with Gasteiger partial charge >= 0.3 is 6.18 Å². The van der Waals surface area contributed by atoms with E-state index in [2.05, 4.69) is 5.32 Å². The van der Waals surface area contributed by atoms with E-state index in [1.54, 1.807) is 6.07 Å². The van der Waals surface area contributed by atoms with Crippen molar-refractivity contribution in [2.45, 2.75) is 6.18 Å². The molecule has 0 bridgehead atoms. The van der Waals surface area contributed by atoms with Crippen LogP contribution in [0.4, 0.5) is 24.5 Å². The third-order valence-corrected chi connectivity index (χ3v) is 4.00. The summed E-state index contributed by atoms with van der Waals surface area (Å²) in [5.74, 6) is -0.733. The normalized spacial score (nSPS) is 13.3. The van der Waals surface area contributed by atoms with Crippen LogP contribution >= 0.6 is 0 Å². The number of hydrogen-bond acceptors (Lipinski definition) is 6. The molecule has 0 saturated heterocycles. The molecule has 0 aliphatic carbocycles. The molecule has 154 valence electrons. The Morgan fingerprint density at radius 2 is 1.87 bits per heavy atom. The van der Waals surface area contributed by atoms with Crippen molar-refractivity contribution >= 4 is 23.4 Å². The first-order valence-corrected chi connectivity index (χ1v) is 8.37. The average Bonchev–Trinajstić information content (AvgIpc) is 2.70. The average molecular weight is 419 g/mol. The van der Waals surface area contributed by atoms with Gasteiger partial charge in [0.05, 0.1) is 16.6 Å². The van der Waals surface area contributed by atoms with Gasteiger partial charge in [0, 0.05) is 6.07 Å². The maximum Gasteiger partial charge on any atom is 0.416 e. The predicted molar refractivity (Wildman–Crippen MR) is 97.8 cm³/mol. The lowest BCUT2D eigenvalue weighted by Crippen LogP contribution is -2.18. The zero-order valence-corrected chi connectivity index (χ0v) is 15.0. The summed E-state index contributed by atoms with van der Waals surface area (Å²) in [5.41, 5.74) is -2.27. The number of hydrogen-bond donors (Lipinski definition) is 1. The van der Waals surface area contributed by atoms with Crippen molar-refractivity contribution in [3.05, 3.63) is 63.2 Å². The molecule has 0 saturated carbocycles. The Hall–Kier alpha value is -4.07. The fourth-order valence-electron chi connectivity index (χ4n) is 2.64. The van der Waals surface area contributed by atoms with Gasteiger partial charge in [-0.25, -0.2) is 0 Å². The van der Waals surface area contributed by atoms with Crippen LogP contribution in [0.15, 0.2) is 42.0 Å². The summed E-state index contributed by atoms with van der Waals surface area (Å²) in [6, 6.07) is 7.88. The van der Waals surface area contributed by atoms with E-state index in [9.17, 15) is 33.3 Å². The number of nitro groups is 1. The highest BCUT2D eigenvalue weighted by Crippen LogP contribution is 2.39. The minimum atomic E-state index is -4.59. The van der Waals surface area contributed by atoms with Crippen molar-refractivity contribution < 1.29 is 32.4 Å². The summed E-state index contributed by atoms with van der Waals surface area (Å²) in [4.78, 5) is 23.0. The van der Waals surface area contributed by atoms with Gasteiger partial charge in [-0.3, -0.25) is 14.9 Å². The fraction of sp³-hybridized carbons (Fsp3) is 0.158. The van der Waals surface area contributed by atoms with Gasteiger partial charge < -0.3 is 14.8 Å². The molecular weight excluding hydrogens is 407 g/mol. The van der Waals surface area contributed by atoms with E-state index < -0.39 is 33.8 Å². The summed E-state index contributed by atoms with van der Waals surface area (Å²) in [6.45, 7) is 0.408. The van der Waals surface area contributed by atoms with Gasteiger partial charge in [-0.2, -0.15) is 18.4 Å². The van der Waals surface area contributed by atoms with Crippen molar-refractivity contribution in [3.63, 3.8) is 0 Å². The van der Waals surface area contributed by atoms with Crippen LogP contribution in [-0.4, -0.2) is 24.0 Å². The van der Waals surface area contributed by atoms with E-state index in [-0.39, 0.29) is 36.0 Å². The molecular formula is C19H12F3N3O5. The molecule has 2 aromatic carbocycles. The lowest BCUT2D eigenvalue weighted by molar-refractivity contribution is -0.384. The number of carbonyl (C=O) groups is 1. The van der Waals surface area contributed by atoms with Crippen LogP contribution in [0.1, 0.15) is 11.1 Å². The molecule has 2 aromatic rings. The van der Waals surface area contributed by atoms with Crippen LogP contribution in [0.5, 0.6) is 11.5 Å². The number of nitrogens with one attached hydrogen (secondary N) is 1. The van der Waals surface area contributed by atoms with Crippen LogP contribution < -0.4 is 14.8 Å². The maximum atomic E-state index is 12.8. The molecule has 8 nitrogen and oxygen atoms in total. The topological polar surface area (TPSA) is 114 Å². The lowest BCUT2D eigenvalue weighted by atomic mass is 10.1. The van der Waals surface area contributed by atoms with Gasteiger partial charge in [-0.1, -0.05) is 12.1 Å². The number of nitrogens with zero attached hydrogens (tertiary/aromatic N) is 2. The molecule has 0 spiro atoms. The first-order chi connectivity index (χ1) is 14.2. The molecule has 0 aromatic heterocycles. The minimum Gasteiger partial charge on any atom is -0.486 e. The maximum absolute atomic E-state index is 12.8. The smallest absolute Gasteiger partial charge is 0.416 e. The molecule has 1 amide bonds. The van der Waals surface area contributed by atoms with Gasteiger partial charge in [0.15, 0.2) is 11.5 Å². The largest absolute Gasteiger partial charge is 0.486 e. The number of alkyl halides is 3. The Bertz CT molecular complexity index is 1090. The predicted octanol–water partition coefficient (Wildman–Crippen LogP) is 3.93. The molecule has 0 atom stereocenters. The third-order valence-electron chi connectivity index (χ3n) is 4.00. The number of benzene rings is 2. The Kier molecular flexibility index (Phi) is 5.59. The van der Waals surface area contributed by atoms with E-state index in [1.165, 1.54) is 12.1 Å². The van der Waals surface area contributed by atoms with E-state index in [1.807, 2.05) is 0 Å². The van der Waals surface area contributed by atoms with Crippen LogP contribution in [-0.2, 0) is 11.0 Å². The highest BCUT2D eigenvalue weighted by Gasteiger charge is 2.30. The number of nitriles is 1. The van der Waals surface area contributed by atoms with Crippen molar-refractivity contribution in [3.8, 4) is 17.6 Å². The van der Waals surface area contributed by atoms with E-state index in [0.29, 0.717) is 0 Å². The quantitative estimate of drug-likeness (QED) is 0.348. The number of rotatable bonds is 4. The Labute approximate surface area is 167 Å². The second-order valence-corrected chi connectivity index (χ2v) is 6.02. The molecule has 0 radical (unpaired) electrons. The fourth-order valence-corrected chi connectivity index (χ4v) is 2.64. The van der Waals surface area contributed by atoms with Gasteiger partial charge in [-0.05, 0) is 23.8 Å². The first-order valence-electron chi connectivity index (χ1n) is 8.37. The molecule has 1 N–H and O–H groups in total. The van der Waals surface area contributed by atoms with Gasteiger partial charge in [0.2, 0.25) is 0 Å². The Morgan fingerprint density at radius 3 is 2.47 bits per heavy atom. The number of halogens is 3. The molecule has 11 heteroatoms. The second-order valence-electron chi connectivity index (χ2n) is 6.02. The van der Waals surface area contributed by atoms with E-state index in [4.69, 9.17) is 9.47 Å². The highest BCUT2D eigenvalue weighted by atomic mass is 19.4. The van der Waals surface area contributed by atoms with Crippen molar-refractivity contribution in [1.82, 2.24) is 0 Å². The summed E-state index contributed by atoms with van der Waals surface area (Å²) < 4.78 is 49.1. The number of carbonyl (C=O) groups excluding carboxylic acids is 1. The Morgan fingerprint density at radius 1 is 1.20 bits per heavy atom. The lowest BCUT2D eigenvalue weighted by Gasteiger charge is -2.19. The molecule has 1 heterocycles. The molecule has 0 unspecified atom stereocenters. The molecule has 0 fully saturated rings. The number of anilines is 1. The summed E-state index contributed by atoms with van der Waals surface area (Å²) in [6.07, 6.45) is -3.64. The monoisotopic (exact) mass is 419 g/mol. The van der Waals surface area contributed by atoms with Crippen molar-refractivity contribution in [1.29, 1.82) is 5.26 Å². The van der Waals surface area contributed by atoms with E-state index >= 15 is 0 Å². The van der Waals surface area contributed by atoms with Crippen LogP contribution in [0.3, 0.4) is 0 Å². The standard InChI is InChI=1S/C19H12F3N3O5/c20-19(21,22)13-3-1-2-11(7-13)6-12(10-23)18(26)24-14-8-16-17(30-5-4-29-16)9-15(14)25(27)28/h1-3,6-9H,4-5H2,(H,24,26). The first kappa shape index (κ1) is 20.7. The van der Waals surface area contributed by atoms with Crippen LogP contribution in [0, 0.1) is 21.4 Å². The SMILES string of the molecule is N#CC(=Cc1cccc(C(F)(F)F)c1)C(=O)Nc1cc2c(cc1[N+](=O)[O-])OCCO2.